The summed E-state index contributed by atoms with van der Waals surface area (Å²) in [6.45, 7) is 6.74. The van der Waals surface area contributed by atoms with Gasteiger partial charge in [-0.2, -0.15) is 5.10 Å². The Bertz CT molecular complexity index is 632. The first-order valence-electron chi connectivity index (χ1n) is 7.62. The van der Waals surface area contributed by atoms with Crippen LogP contribution in [0.2, 0.25) is 0 Å². The molecule has 0 spiro atoms. The van der Waals surface area contributed by atoms with Crippen LogP contribution >= 0.6 is 0 Å². The molecule has 0 radical (unpaired) electrons. The van der Waals surface area contributed by atoms with Gasteiger partial charge in [0.2, 0.25) is 0 Å². The van der Waals surface area contributed by atoms with Gasteiger partial charge in [-0.1, -0.05) is 6.92 Å². The van der Waals surface area contributed by atoms with Crippen LogP contribution in [-0.2, 0) is 6.54 Å². The molecule has 0 aliphatic rings. The van der Waals surface area contributed by atoms with E-state index in [4.69, 9.17) is 4.74 Å². The van der Waals surface area contributed by atoms with Crippen LogP contribution in [-0.4, -0.2) is 28.8 Å². The maximum atomic E-state index is 12.2. The van der Waals surface area contributed by atoms with Gasteiger partial charge in [0.25, 0.3) is 5.91 Å². The predicted octanol–water partition coefficient (Wildman–Crippen LogP) is 3.11. The Balaban J connectivity index is 2.29. The third-order valence-corrected chi connectivity index (χ3v) is 3.69. The molecule has 1 N–H and O–H groups in total. The van der Waals surface area contributed by atoms with Crippen LogP contribution in [0.4, 0.5) is 0 Å². The highest BCUT2D eigenvalue weighted by atomic mass is 16.5. The van der Waals surface area contributed by atoms with E-state index < -0.39 is 0 Å². The number of hydrogen-bond donors (Lipinski definition) is 1. The van der Waals surface area contributed by atoms with E-state index in [-0.39, 0.29) is 11.9 Å². The van der Waals surface area contributed by atoms with Gasteiger partial charge in [-0.05, 0) is 50.6 Å². The Labute approximate surface area is 131 Å². The van der Waals surface area contributed by atoms with Gasteiger partial charge in [-0.3, -0.25) is 9.48 Å². The molecule has 0 bridgehead atoms. The lowest BCUT2D eigenvalue weighted by molar-refractivity contribution is 0.0933. The fourth-order valence-corrected chi connectivity index (χ4v) is 2.16. The first-order valence-corrected chi connectivity index (χ1v) is 7.62. The van der Waals surface area contributed by atoms with Crippen molar-refractivity contribution in [2.45, 2.75) is 39.8 Å². The Kier molecular flexibility index (Phi) is 5.20. The van der Waals surface area contributed by atoms with Gasteiger partial charge in [-0.15, -0.1) is 0 Å². The van der Waals surface area contributed by atoms with Crippen molar-refractivity contribution in [1.29, 1.82) is 0 Å². The average molecular weight is 301 g/mol. The van der Waals surface area contributed by atoms with E-state index >= 15 is 0 Å². The predicted molar refractivity (Wildman–Crippen MR) is 87.1 cm³/mol. The molecule has 5 heteroatoms. The molecular weight excluding hydrogens is 278 g/mol. The molecular formula is C17H23N3O2. The molecule has 1 aromatic heterocycles. The maximum absolute atomic E-state index is 12.2. The lowest BCUT2D eigenvalue weighted by Gasteiger charge is -2.09. The lowest BCUT2D eigenvalue weighted by Crippen LogP contribution is -2.32. The number of hydrogen-bond acceptors (Lipinski definition) is 3. The Morgan fingerprint density at radius 1 is 1.32 bits per heavy atom. The number of aromatic nitrogens is 2. The number of nitrogens with zero attached hydrogens (tertiary/aromatic N) is 2. The molecule has 0 fully saturated rings. The van der Waals surface area contributed by atoms with Gasteiger partial charge in [0.05, 0.1) is 12.8 Å². The number of nitrogens with one attached hydrogen (secondary N) is 1. The van der Waals surface area contributed by atoms with E-state index in [2.05, 4.69) is 10.4 Å². The zero-order valence-corrected chi connectivity index (χ0v) is 13.6. The summed E-state index contributed by atoms with van der Waals surface area (Å²) in [6, 6.07) is 9.73. The minimum Gasteiger partial charge on any atom is -0.497 e. The molecule has 1 atom stereocenters. The summed E-state index contributed by atoms with van der Waals surface area (Å²) < 4.78 is 7.02. The van der Waals surface area contributed by atoms with Gasteiger partial charge >= 0.3 is 0 Å². The molecule has 1 aromatic carbocycles. The van der Waals surface area contributed by atoms with Gasteiger partial charge in [0.1, 0.15) is 5.75 Å². The molecule has 5 nitrogen and oxygen atoms in total. The Hall–Kier alpha value is -2.30. The van der Waals surface area contributed by atoms with Crippen LogP contribution in [0.25, 0.3) is 11.3 Å². The fourth-order valence-electron chi connectivity index (χ4n) is 2.16. The van der Waals surface area contributed by atoms with Crippen LogP contribution in [0.5, 0.6) is 5.75 Å². The van der Waals surface area contributed by atoms with E-state index in [0.29, 0.717) is 12.2 Å². The summed E-state index contributed by atoms with van der Waals surface area (Å²) in [5, 5.41) is 7.35. The molecule has 0 unspecified atom stereocenters. The van der Waals surface area contributed by atoms with Crippen molar-refractivity contribution in [3.8, 4) is 17.0 Å². The molecule has 0 saturated carbocycles. The molecule has 2 rings (SSSR count). The molecule has 1 amide bonds. The largest absolute Gasteiger partial charge is 0.497 e. The second-order valence-electron chi connectivity index (χ2n) is 5.24. The minimum atomic E-state index is -0.128. The number of amides is 1. The minimum absolute atomic E-state index is 0.128. The zero-order chi connectivity index (χ0) is 16.1. The van der Waals surface area contributed by atoms with Crippen molar-refractivity contribution in [2.75, 3.05) is 7.11 Å². The molecule has 0 aliphatic heterocycles. The van der Waals surface area contributed by atoms with Gasteiger partial charge < -0.3 is 10.1 Å². The standard InChI is InChI=1S/C17H23N3O2/c1-5-12(3)18-17(21)15-11-16(20(6-2)19-15)13-7-9-14(22-4)10-8-13/h7-12H,5-6H2,1-4H3,(H,18,21)/t12-/m1/s1. The number of carbonyl (C=O) groups is 1. The number of ether oxygens (including phenoxy) is 1. The number of carbonyl (C=O) groups excluding carboxylic acids is 1. The van der Waals surface area contributed by atoms with Gasteiger partial charge in [-0.25, -0.2) is 0 Å². The third-order valence-electron chi connectivity index (χ3n) is 3.69. The van der Waals surface area contributed by atoms with Crippen LogP contribution in [0, 0.1) is 0 Å². The zero-order valence-electron chi connectivity index (χ0n) is 13.6. The number of benzene rings is 1. The van der Waals surface area contributed by atoms with E-state index in [1.165, 1.54) is 0 Å². The lowest BCUT2D eigenvalue weighted by atomic mass is 10.1. The topological polar surface area (TPSA) is 56.1 Å². The normalized spacial score (nSPS) is 12.0. The first kappa shape index (κ1) is 16.1. The molecule has 0 saturated heterocycles. The summed E-state index contributed by atoms with van der Waals surface area (Å²) in [5.74, 6) is 0.678. The summed E-state index contributed by atoms with van der Waals surface area (Å²) in [7, 11) is 1.64. The number of aryl methyl sites for hydroxylation is 1. The monoisotopic (exact) mass is 301 g/mol. The van der Waals surface area contributed by atoms with Gasteiger partial charge in [0, 0.05) is 18.2 Å². The Morgan fingerprint density at radius 2 is 2.00 bits per heavy atom. The summed E-state index contributed by atoms with van der Waals surface area (Å²) in [4.78, 5) is 12.2. The second-order valence-corrected chi connectivity index (χ2v) is 5.24. The van der Waals surface area contributed by atoms with Crippen LogP contribution in [0.15, 0.2) is 30.3 Å². The summed E-state index contributed by atoms with van der Waals surface area (Å²) in [6.07, 6.45) is 0.894. The first-order chi connectivity index (χ1) is 10.6. The quantitative estimate of drug-likeness (QED) is 0.892. The van der Waals surface area contributed by atoms with Crippen molar-refractivity contribution in [2.24, 2.45) is 0 Å². The molecule has 22 heavy (non-hydrogen) atoms. The number of methoxy groups -OCH3 is 1. The molecule has 2 aromatic rings. The van der Waals surface area contributed by atoms with Crippen LogP contribution < -0.4 is 10.1 Å². The van der Waals surface area contributed by atoms with E-state index in [9.17, 15) is 4.79 Å². The third kappa shape index (κ3) is 3.47. The average Bonchev–Trinajstić information content (AvgIpc) is 2.99. The molecule has 0 aliphatic carbocycles. The maximum Gasteiger partial charge on any atom is 0.272 e. The van der Waals surface area contributed by atoms with E-state index in [1.54, 1.807) is 7.11 Å². The molecule has 118 valence electrons. The van der Waals surface area contributed by atoms with Crippen LogP contribution in [0.3, 0.4) is 0 Å². The fraction of sp³-hybridized carbons (Fsp3) is 0.412. The van der Waals surface area contributed by atoms with Crippen LogP contribution in [0.1, 0.15) is 37.7 Å². The van der Waals surface area contributed by atoms with Crippen molar-refractivity contribution in [3.05, 3.63) is 36.0 Å². The van der Waals surface area contributed by atoms with E-state index in [0.717, 1.165) is 23.4 Å². The van der Waals surface area contributed by atoms with Crippen molar-refractivity contribution in [3.63, 3.8) is 0 Å². The Morgan fingerprint density at radius 3 is 2.55 bits per heavy atom. The molecule has 1 heterocycles. The van der Waals surface area contributed by atoms with Crippen molar-refractivity contribution in [1.82, 2.24) is 15.1 Å². The number of rotatable bonds is 6. The summed E-state index contributed by atoms with van der Waals surface area (Å²) >= 11 is 0. The van der Waals surface area contributed by atoms with Gasteiger partial charge in [0.15, 0.2) is 5.69 Å². The highest BCUT2D eigenvalue weighted by Gasteiger charge is 2.16. The van der Waals surface area contributed by atoms with Crippen molar-refractivity contribution < 1.29 is 9.53 Å². The summed E-state index contributed by atoms with van der Waals surface area (Å²) in [5.41, 5.74) is 2.39. The highest BCUT2D eigenvalue weighted by Crippen LogP contribution is 2.23. The SMILES string of the molecule is CC[C@@H](C)NC(=O)c1cc(-c2ccc(OC)cc2)n(CC)n1. The smallest absolute Gasteiger partial charge is 0.272 e. The second kappa shape index (κ2) is 7.11. The highest BCUT2D eigenvalue weighted by molar-refractivity contribution is 5.93. The van der Waals surface area contributed by atoms with Crippen molar-refractivity contribution >= 4 is 5.91 Å². The van der Waals surface area contributed by atoms with E-state index in [1.807, 2.05) is 55.8 Å².